The SMILES string of the molecule is C=CCCCCOc1c(N2CCN(S(=O)O)CC2)cnn(-c2cccc(Cl)c2)c1=O. The first kappa shape index (κ1) is 22.5. The quantitative estimate of drug-likeness (QED) is 0.357. The minimum absolute atomic E-state index is 0.224. The number of aromatic nitrogens is 2. The maximum atomic E-state index is 13.2. The average Bonchev–Trinajstić information content (AvgIpc) is 2.74. The minimum Gasteiger partial charge on any atom is -0.486 e. The topological polar surface area (TPSA) is 87.9 Å². The summed E-state index contributed by atoms with van der Waals surface area (Å²) in [6.07, 6.45) is 6.07. The highest BCUT2D eigenvalue weighted by atomic mass is 35.5. The molecule has 1 aliphatic heterocycles. The van der Waals surface area contributed by atoms with Gasteiger partial charge in [-0.25, -0.2) is 4.21 Å². The molecule has 1 atom stereocenters. The third-order valence-electron chi connectivity index (χ3n) is 4.82. The Morgan fingerprint density at radius 2 is 2.03 bits per heavy atom. The van der Waals surface area contributed by atoms with E-state index in [1.165, 1.54) is 8.99 Å². The molecule has 1 aliphatic rings. The van der Waals surface area contributed by atoms with E-state index in [4.69, 9.17) is 16.3 Å². The molecular formula is C20H25ClN4O4S. The zero-order chi connectivity index (χ0) is 21.5. The van der Waals surface area contributed by atoms with Crippen LogP contribution in [-0.2, 0) is 11.3 Å². The fourth-order valence-corrected chi connectivity index (χ4v) is 3.89. The van der Waals surface area contributed by atoms with Gasteiger partial charge in [-0.15, -0.1) is 6.58 Å². The second-order valence-electron chi connectivity index (χ2n) is 6.84. The van der Waals surface area contributed by atoms with Crippen molar-refractivity contribution >= 4 is 28.6 Å². The van der Waals surface area contributed by atoms with Gasteiger partial charge in [-0.1, -0.05) is 23.7 Å². The van der Waals surface area contributed by atoms with Crippen LogP contribution in [0.2, 0.25) is 5.02 Å². The predicted octanol–water partition coefficient (Wildman–Crippen LogP) is 2.88. The van der Waals surface area contributed by atoms with Crippen LogP contribution in [0.25, 0.3) is 5.69 Å². The van der Waals surface area contributed by atoms with E-state index in [0.717, 1.165) is 19.3 Å². The second-order valence-corrected chi connectivity index (χ2v) is 8.25. The number of piperazine rings is 1. The Morgan fingerprint density at radius 1 is 1.27 bits per heavy atom. The predicted molar refractivity (Wildman–Crippen MR) is 119 cm³/mol. The van der Waals surface area contributed by atoms with E-state index in [-0.39, 0.29) is 11.3 Å². The highest BCUT2D eigenvalue weighted by molar-refractivity contribution is 7.76. The Morgan fingerprint density at radius 3 is 2.70 bits per heavy atom. The lowest BCUT2D eigenvalue weighted by Crippen LogP contribution is -2.47. The van der Waals surface area contributed by atoms with Crippen molar-refractivity contribution in [2.24, 2.45) is 0 Å². The molecule has 2 heterocycles. The molecular weight excluding hydrogens is 428 g/mol. The van der Waals surface area contributed by atoms with Gasteiger partial charge in [0, 0.05) is 31.2 Å². The van der Waals surface area contributed by atoms with E-state index < -0.39 is 11.3 Å². The third kappa shape index (κ3) is 5.48. The average molecular weight is 453 g/mol. The Hall–Kier alpha value is -2.20. The van der Waals surface area contributed by atoms with Gasteiger partial charge < -0.3 is 9.64 Å². The molecule has 10 heteroatoms. The standard InChI is InChI=1S/C20H25ClN4O4S/c1-2-3-4-5-13-29-19-18(23-9-11-24(12-10-23)30(27)28)15-22-25(20(19)26)17-8-6-7-16(21)14-17/h2,6-8,14-15H,1,3-5,9-13H2,(H,27,28). The minimum atomic E-state index is -2.00. The highest BCUT2D eigenvalue weighted by Crippen LogP contribution is 2.26. The van der Waals surface area contributed by atoms with Crippen molar-refractivity contribution < 1.29 is 13.5 Å². The van der Waals surface area contributed by atoms with Crippen LogP contribution >= 0.6 is 11.6 Å². The van der Waals surface area contributed by atoms with Gasteiger partial charge in [0.2, 0.25) is 17.0 Å². The van der Waals surface area contributed by atoms with Crippen molar-refractivity contribution in [2.75, 3.05) is 37.7 Å². The first-order valence-corrected chi connectivity index (χ1v) is 11.2. The van der Waals surface area contributed by atoms with Crippen LogP contribution < -0.4 is 15.2 Å². The molecule has 0 radical (unpaired) electrons. The Labute approximate surface area is 183 Å². The molecule has 0 spiro atoms. The number of unbranched alkanes of at least 4 members (excludes halogenated alkanes) is 2. The summed E-state index contributed by atoms with van der Waals surface area (Å²) in [7, 11) is 0. The molecule has 0 amide bonds. The van der Waals surface area contributed by atoms with Crippen LogP contribution in [0.15, 0.2) is 47.9 Å². The van der Waals surface area contributed by atoms with Gasteiger partial charge >= 0.3 is 5.56 Å². The normalized spacial score (nSPS) is 15.7. The van der Waals surface area contributed by atoms with E-state index in [9.17, 15) is 13.6 Å². The zero-order valence-corrected chi connectivity index (χ0v) is 18.1. The number of rotatable bonds is 9. The molecule has 0 saturated carbocycles. The van der Waals surface area contributed by atoms with Crippen LogP contribution in [0, 0.1) is 0 Å². The second kappa shape index (κ2) is 10.7. The molecule has 0 aliphatic carbocycles. The molecule has 1 aromatic carbocycles. The largest absolute Gasteiger partial charge is 0.486 e. The number of nitrogens with zero attached hydrogens (tertiary/aromatic N) is 4. The van der Waals surface area contributed by atoms with Gasteiger partial charge in [0.1, 0.15) is 5.69 Å². The molecule has 1 N–H and O–H groups in total. The van der Waals surface area contributed by atoms with Crippen molar-refractivity contribution in [2.45, 2.75) is 19.3 Å². The number of halogens is 1. The number of anilines is 1. The van der Waals surface area contributed by atoms with E-state index in [0.29, 0.717) is 49.2 Å². The van der Waals surface area contributed by atoms with Gasteiger partial charge in [0.25, 0.3) is 0 Å². The first-order chi connectivity index (χ1) is 14.5. The Balaban J connectivity index is 1.89. The number of allylic oxidation sites excluding steroid dienone is 1. The smallest absolute Gasteiger partial charge is 0.316 e. The number of ether oxygens (including phenoxy) is 1. The molecule has 0 bridgehead atoms. The maximum absolute atomic E-state index is 13.2. The lowest BCUT2D eigenvalue weighted by molar-refractivity contribution is 0.299. The van der Waals surface area contributed by atoms with Crippen molar-refractivity contribution in [3.63, 3.8) is 0 Å². The molecule has 30 heavy (non-hydrogen) atoms. The molecule has 3 rings (SSSR count). The first-order valence-electron chi connectivity index (χ1n) is 9.74. The summed E-state index contributed by atoms with van der Waals surface area (Å²) in [6.45, 7) is 5.89. The lowest BCUT2D eigenvalue weighted by atomic mass is 10.2. The zero-order valence-electron chi connectivity index (χ0n) is 16.6. The van der Waals surface area contributed by atoms with Crippen LogP contribution in [-0.4, -0.2) is 55.6 Å². The van der Waals surface area contributed by atoms with Crippen LogP contribution in [0.1, 0.15) is 19.3 Å². The van der Waals surface area contributed by atoms with Crippen LogP contribution in [0.4, 0.5) is 5.69 Å². The van der Waals surface area contributed by atoms with E-state index >= 15 is 0 Å². The summed E-state index contributed by atoms with van der Waals surface area (Å²) in [5.74, 6) is 0.224. The van der Waals surface area contributed by atoms with Gasteiger partial charge in [0.15, 0.2) is 0 Å². The van der Waals surface area contributed by atoms with Crippen LogP contribution in [0.3, 0.4) is 0 Å². The van der Waals surface area contributed by atoms with Crippen LogP contribution in [0.5, 0.6) is 5.75 Å². The summed E-state index contributed by atoms with van der Waals surface area (Å²) in [5.41, 5.74) is 0.771. The number of hydrogen-bond donors (Lipinski definition) is 1. The Kier molecular flexibility index (Phi) is 8.03. The monoisotopic (exact) mass is 452 g/mol. The van der Waals surface area contributed by atoms with Gasteiger partial charge in [-0.05, 0) is 37.5 Å². The van der Waals surface area contributed by atoms with E-state index in [1.807, 2.05) is 11.0 Å². The molecule has 1 aromatic heterocycles. The van der Waals surface area contributed by atoms with Crippen molar-refractivity contribution in [1.29, 1.82) is 0 Å². The summed E-state index contributed by atoms with van der Waals surface area (Å²) < 4.78 is 29.2. The van der Waals surface area contributed by atoms with Crippen molar-refractivity contribution in [3.05, 3.63) is 58.5 Å². The highest BCUT2D eigenvalue weighted by Gasteiger charge is 2.25. The fraction of sp³-hybridized carbons (Fsp3) is 0.400. The molecule has 162 valence electrons. The number of hydrogen-bond acceptors (Lipinski definition) is 5. The summed E-state index contributed by atoms with van der Waals surface area (Å²) in [5, 5.41) is 4.83. The van der Waals surface area contributed by atoms with Crippen molar-refractivity contribution in [3.8, 4) is 11.4 Å². The molecule has 1 unspecified atom stereocenters. The van der Waals surface area contributed by atoms with Gasteiger partial charge in [-0.2, -0.15) is 14.1 Å². The Bertz CT molecular complexity index is 960. The molecule has 8 nitrogen and oxygen atoms in total. The summed E-state index contributed by atoms with van der Waals surface area (Å²) in [6, 6.07) is 6.90. The van der Waals surface area contributed by atoms with E-state index in [2.05, 4.69) is 11.7 Å². The summed E-state index contributed by atoms with van der Waals surface area (Å²) >= 11 is 4.07. The summed E-state index contributed by atoms with van der Waals surface area (Å²) in [4.78, 5) is 15.2. The van der Waals surface area contributed by atoms with Crippen molar-refractivity contribution in [1.82, 2.24) is 14.1 Å². The maximum Gasteiger partial charge on any atom is 0.316 e. The lowest BCUT2D eigenvalue weighted by Gasteiger charge is -2.34. The molecule has 2 aromatic rings. The van der Waals surface area contributed by atoms with E-state index in [1.54, 1.807) is 30.5 Å². The van der Waals surface area contributed by atoms with Gasteiger partial charge in [0.05, 0.1) is 18.5 Å². The number of benzene rings is 1. The third-order valence-corrected chi connectivity index (χ3v) is 5.86. The molecule has 1 saturated heterocycles. The van der Waals surface area contributed by atoms with Gasteiger partial charge in [-0.3, -0.25) is 9.35 Å². The fourth-order valence-electron chi connectivity index (χ4n) is 3.23. The molecule has 1 fully saturated rings.